The van der Waals surface area contributed by atoms with Crippen molar-refractivity contribution in [2.45, 2.75) is 10.6 Å². The van der Waals surface area contributed by atoms with Gasteiger partial charge in [-0.1, -0.05) is 46.1 Å². The first-order valence-corrected chi connectivity index (χ1v) is 12.6. The standard InChI is InChI=1S/C11H6BrS.C9H7.2ClH.S.Zr/c12-11-9-5-7-3-1-2-4-8(7)10(9)6-13-11;1-2-5-9-7-3-6-8(9)4-1;;;;/h1-5,11H;1-4,7H,6H2;2*1H;;/q2*-1;;;;+2/p-2. The van der Waals surface area contributed by atoms with Crippen LogP contribution in [0.3, 0.4) is 0 Å². The molecule has 3 aliphatic rings. The SMILES string of the molecule is BrC1S[C-]=C2C1=Cc1ccccc12.[Cl-].[Cl-].[S]=[Zr+2].[c-]1cccc2c1C=CC2. The molecule has 26 heavy (non-hydrogen) atoms. The van der Waals surface area contributed by atoms with Crippen LogP contribution in [0.1, 0.15) is 22.3 Å². The van der Waals surface area contributed by atoms with E-state index in [2.05, 4.69) is 84.8 Å². The number of thioether (sulfide) groups is 1. The van der Waals surface area contributed by atoms with E-state index in [0.29, 0.717) is 4.16 Å². The largest absolute Gasteiger partial charge is 0.147 e. The van der Waals surface area contributed by atoms with Gasteiger partial charge in [-0.25, -0.2) is 0 Å². The number of benzene rings is 2. The molecule has 0 nitrogen and oxygen atoms in total. The third-order valence-corrected chi connectivity index (χ3v) is 5.78. The van der Waals surface area contributed by atoms with Gasteiger partial charge in [0.05, 0.1) is 0 Å². The van der Waals surface area contributed by atoms with Crippen LogP contribution in [0.5, 0.6) is 0 Å². The summed E-state index contributed by atoms with van der Waals surface area (Å²) in [5.74, 6) is 0. The summed E-state index contributed by atoms with van der Waals surface area (Å²) in [5, 5.41) is 3.34. The van der Waals surface area contributed by atoms with Crippen LogP contribution in [0.15, 0.2) is 54.1 Å². The van der Waals surface area contributed by atoms with Crippen LogP contribution in [-0.4, -0.2) is 4.16 Å². The first-order valence-electron chi connectivity index (χ1n) is 7.43. The van der Waals surface area contributed by atoms with E-state index in [-0.39, 0.29) is 24.8 Å². The zero-order chi connectivity index (χ0) is 16.9. The van der Waals surface area contributed by atoms with Crippen molar-refractivity contribution < 1.29 is 47.5 Å². The number of alkyl halides is 1. The van der Waals surface area contributed by atoms with Crippen LogP contribution < -0.4 is 24.8 Å². The molecular formula is C20H13BrCl2S2Zr-2. The van der Waals surface area contributed by atoms with E-state index in [1.54, 1.807) is 11.8 Å². The molecule has 0 bridgehead atoms. The number of allylic oxidation sites excluding steroid dienone is 2. The van der Waals surface area contributed by atoms with Gasteiger partial charge in [-0.15, -0.1) is 76.2 Å². The number of hydrogen-bond donors (Lipinski definition) is 0. The zero-order valence-electron chi connectivity index (χ0n) is 13.5. The second-order valence-electron chi connectivity index (χ2n) is 5.31. The molecule has 0 aromatic heterocycles. The average molecular weight is 559 g/mol. The molecule has 1 aliphatic heterocycles. The van der Waals surface area contributed by atoms with E-state index in [0.717, 1.165) is 29.1 Å². The van der Waals surface area contributed by atoms with Crippen LogP contribution >= 0.6 is 36.5 Å². The van der Waals surface area contributed by atoms with E-state index in [9.17, 15) is 0 Å². The minimum absolute atomic E-state index is 0. The predicted molar refractivity (Wildman–Crippen MR) is 107 cm³/mol. The van der Waals surface area contributed by atoms with E-state index in [1.165, 1.54) is 33.4 Å². The quantitative estimate of drug-likeness (QED) is 0.339. The van der Waals surface area contributed by atoms with Crippen molar-refractivity contribution in [1.29, 1.82) is 0 Å². The minimum Gasteiger partial charge on any atom is -0.147 e. The Morgan fingerprint density at radius 1 is 1.12 bits per heavy atom. The van der Waals surface area contributed by atoms with Gasteiger partial charge in [-0.05, 0) is 0 Å². The third-order valence-electron chi connectivity index (χ3n) is 3.94. The number of halogens is 3. The number of hydrogen-bond acceptors (Lipinski definition) is 2. The Morgan fingerprint density at radius 3 is 2.65 bits per heavy atom. The Morgan fingerprint density at radius 2 is 1.88 bits per heavy atom. The van der Waals surface area contributed by atoms with Crippen molar-refractivity contribution in [2.24, 2.45) is 0 Å². The van der Waals surface area contributed by atoms with Crippen LogP contribution in [0, 0.1) is 11.5 Å². The fourth-order valence-corrected chi connectivity index (χ4v) is 4.24. The molecule has 2 aliphatic carbocycles. The molecule has 2 aromatic rings. The molecule has 132 valence electrons. The molecular weight excluding hydrogens is 546 g/mol. The van der Waals surface area contributed by atoms with Gasteiger partial charge >= 0.3 is 31.5 Å². The zero-order valence-corrected chi connectivity index (χ0v) is 20.7. The second-order valence-corrected chi connectivity index (χ2v) is 7.75. The molecule has 2 aromatic carbocycles. The molecule has 0 amide bonds. The molecule has 0 fully saturated rings. The molecule has 0 radical (unpaired) electrons. The average Bonchev–Trinajstić information content (AvgIpc) is 3.34. The van der Waals surface area contributed by atoms with Crippen LogP contribution in [0.25, 0.3) is 17.7 Å². The smallest absolute Gasteiger partial charge is 0.0528 e. The Labute approximate surface area is 198 Å². The van der Waals surface area contributed by atoms with Crippen LogP contribution in [0.4, 0.5) is 0 Å². The molecule has 5 rings (SSSR count). The van der Waals surface area contributed by atoms with Crippen molar-refractivity contribution in [3.05, 3.63) is 87.8 Å². The van der Waals surface area contributed by atoms with Crippen molar-refractivity contribution in [2.75, 3.05) is 0 Å². The third kappa shape index (κ3) is 5.37. The van der Waals surface area contributed by atoms with E-state index < -0.39 is 0 Å². The molecule has 1 unspecified atom stereocenters. The van der Waals surface area contributed by atoms with Crippen LogP contribution in [-0.2, 0) is 29.1 Å². The van der Waals surface area contributed by atoms with Gasteiger partial charge < -0.3 is 24.8 Å². The predicted octanol–water partition coefficient (Wildman–Crippen LogP) is 0.405. The van der Waals surface area contributed by atoms with Gasteiger partial charge in [-0.3, -0.25) is 0 Å². The summed E-state index contributed by atoms with van der Waals surface area (Å²) in [6, 6.07) is 17.8. The molecule has 0 N–H and O–H groups in total. The summed E-state index contributed by atoms with van der Waals surface area (Å²) in [6.45, 7) is 0. The summed E-state index contributed by atoms with van der Waals surface area (Å²) < 4.78 is 0.398. The topological polar surface area (TPSA) is 0 Å². The van der Waals surface area contributed by atoms with Crippen molar-refractivity contribution in [3.63, 3.8) is 0 Å². The van der Waals surface area contributed by atoms with Gasteiger partial charge in [0.15, 0.2) is 0 Å². The maximum absolute atomic E-state index is 4.17. The van der Waals surface area contributed by atoms with Crippen LogP contribution in [0.2, 0.25) is 0 Å². The Balaban J connectivity index is 0.000000232. The Kier molecular flexibility index (Phi) is 11.1. The van der Waals surface area contributed by atoms with Gasteiger partial charge in [0.25, 0.3) is 0 Å². The maximum Gasteiger partial charge on any atom is -0.0528 e. The summed E-state index contributed by atoms with van der Waals surface area (Å²) in [5.41, 5.74) is 7.96. The van der Waals surface area contributed by atoms with E-state index in [4.69, 9.17) is 0 Å². The number of rotatable bonds is 0. The van der Waals surface area contributed by atoms with E-state index in [1.807, 2.05) is 12.1 Å². The Bertz CT molecular complexity index is 849. The van der Waals surface area contributed by atoms with E-state index >= 15 is 0 Å². The van der Waals surface area contributed by atoms with Gasteiger partial charge in [-0.2, -0.15) is 17.3 Å². The Hall–Kier alpha value is 0.173. The molecule has 1 atom stereocenters. The molecule has 6 heteroatoms. The van der Waals surface area contributed by atoms with Gasteiger partial charge in [0.2, 0.25) is 0 Å². The second kappa shape index (κ2) is 11.9. The fourth-order valence-electron chi connectivity index (χ4n) is 2.83. The summed E-state index contributed by atoms with van der Waals surface area (Å²) in [4.78, 5) is 0. The molecule has 0 spiro atoms. The maximum atomic E-state index is 4.17. The number of fused-ring (bicyclic) bond motifs is 4. The normalized spacial score (nSPS) is 16.8. The molecule has 0 saturated carbocycles. The molecule has 0 saturated heterocycles. The monoisotopic (exact) mass is 556 g/mol. The summed E-state index contributed by atoms with van der Waals surface area (Å²) in [7, 11) is 4.17. The first-order chi connectivity index (χ1) is 11.8. The fraction of sp³-hybridized carbons (Fsp3) is 0.100. The first kappa shape index (κ1) is 24.2. The van der Waals surface area contributed by atoms with Gasteiger partial charge in [0.1, 0.15) is 0 Å². The van der Waals surface area contributed by atoms with Gasteiger partial charge in [0, 0.05) is 4.16 Å². The summed E-state index contributed by atoms with van der Waals surface area (Å²) in [6.07, 6.45) is 7.63. The van der Waals surface area contributed by atoms with Crippen molar-refractivity contribution >= 4 is 54.3 Å². The molecule has 1 heterocycles. The van der Waals surface area contributed by atoms with Crippen molar-refractivity contribution in [1.82, 2.24) is 0 Å². The van der Waals surface area contributed by atoms with Crippen molar-refractivity contribution in [3.8, 4) is 0 Å². The summed E-state index contributed by atoms with van der Waals surface area (Å²) >= 11 is 6.46. The minimum atomic E-state index is 0.